The third-order valence-corrected chi connectivity index (χ3v) is 4.18. The largest absolute Gasteiger partial charge is 0.331 e. The maximum atomic E-state index is 12.2. The Kier molecular flexibility index (Phi) is 5.17. The van der Waals surface area contributed by atoms with Crippen molar-refractivity contribution in [2.75, 3.05) is 11.9 Å². The maximum absolute atomic E-state index is 12.2. The number of hydrogen-bond acceptors (Lipinski definition) is 2. The van der Waals surface area contributed by atoms with Crippen molar-refractivity contribution in [3.05, 3.63) is 28.7 Å². The van der Waals surface area contributed by atoms with Gasteiger partial charge >= 0.3 is 11.8 Å². The van der Waals surface area contributed by atoms with Crippen molar-refractivity contribution in [3.8, 4) is 0 Å². The predicted octanol–water partition coefficient (Wildman–Crippen LogP) is 3.18. The highest BCUT2D eigenvalue weighted by Gasteiger charge is 2.29. The molecule has 1 N–H and O–H groups in total. The summed E-state index contributed by atoms with van der Waals surface area (Å²) in [7, 11) is 0. The summed E-state index contributed by atoms with van der Waals surface area (Å²) in [6.07, 6.45) is 4.01. The van der Waals surface area contributed by atoms with E-state index >= 15 is 0 Å². The molecular formula is C15H19BrN2O2. The third kappa shape index (κ3) is 3.60. The average Bonchev–Trinajstić information content (AvgIpc) is 2.48. The third-order valence-electron chi connectivity index (χ3n) is 3.66. The topological polar surface area (TPSA) is 49.4 Å². The van der Waals surface area contributed by atoms with Gasteiger partial charge in [0, 0.05) is 22.7 Å². The molecule has 0 aromatic heterocycles. The van der Waals surface area contributed by atoms with Gasteiger partial charge in [-0.1, -0.05) is 22.9 Å². The van der Waals surface area contributed by atoms with Crippen LogP contribution in [0.1, 0.15) is 32.6 Å². The van der Waals surface area contributed by atoms with Gasteiger partial charge in [-0.05, 0) is 49.9 Å². The highest BCUT2D eigenvalue weighted by molar-refractivity contribution is 9.10. The molecule has 0 spiro atoms. The standard InChI is InChI=1S/C15H19BrN2O2/c1-2-13-5-3-4-10-18(13)15(20)14(19)17-12-8-6-11(16)7-9-12/h6-9,13H,2-5,10H2,1H3,(H,17,19). The molecule has 1 saturated heterocycles. The first-order chi connectivity index (χ1) is 9.61. The number of piperidine rings is 1. The van der Waals surface area contributed by atoms with Crippen LogP contribution in [-0.4, -0.2) is 29.3 Å². The highest BCUT2D eigenvalue weighted by atomic mass is 79.9. The fourth-order valence-corrected chi connectivity index (χ4v) is 2.80. The number of carbonyl (C=O) groups excluding carboxylic acids is 2. The molecule has 0 bridgehead atoms. The van der Waals surface area contributed by atoms with Crippen LogP contribution in [0.15, 0.2) is 28.7 Å². The van der Waals surface area contributed by atoms with Gasteiger partial charge in [0.15, 0.2) is 0 Å². The summed E-state index contributed by atoms with van der Waals surface area (Å²) in [6.45, 7) is 2.74. The number of benzene rings is 1. The number of anilines is 1. The Hall–Kier alpha value is -1.36. The minimum absolute atomic E-state index is 0.201. The first-order valence-corrected chi connectivity index (χ1v) is 7.78. The second-order valence-electron chi connectivity index (χ2n) is 5.02. The molecule has 0 radical (unpaired) electrons. The fourth-order valence-electron chi connectivity index (χ4n) is 2.54. The van der Waals surface area contributed by atoms with E-state index in [-0.39, 0.29) is 6.04 Å². The summed E-state index contributed by atoms with van der Waals surface area (Å²) in [5.74, 6) is -0.966. The number of hydrogen-bond donors (Lipinski definition) is 1. The molecule has 1 unspecified atom stereocenters. The van der Waals surface area contributed by atoms with Crippen LogP contribution < -0.4 is 5.32 Å². The maximum Gasteiger partial charge on any atom is 0.313 e. The lowest BCUT2D eigenvalue weighted by Gasteiger charge is -2.34. The van der Waals surface area contributed by atoms with Crippen molar-refractivity contribution in [1.82, 2.24) is 4.90 Å². The van der Waals surface area contributed by atoms with Gasteiger partial charge in [0.05, 0.1) is 0 Å². The van der Waals surface area contributed by atoms with Gasteiger partial charge in [-0.15, -0.1) is 0 Å². The van der Waals surface area contributed by atoms with Crippen LogP contribution in [0.2, 0.25) is 0 Å². The van der Waals surface area contributed by atoms with Crippen LogP contribution in [0.3, 0.4) is 0 Å². The molecule has 0 aliphatic carbocycles. The van der Waals surface area contributed by atoms with Crippen LogP contribution in [0.5, 0.6) is 0 Å². The Labute approximate surface area is 127 Å². The molecule has 1 aliphatic heterocycles. The zero-order valence-electron chi connectivity index (χ0n) is 11.6. The molecule has 20 heavy (non-hydrogen) atoms. The van der Waals surface area contributed by atoms with E-state index in [1.807, 2.05) is 12.1 Å². The Morgan fingerprint density at radius 3 is 2.65 bits per heavy atom. The van der Waals surface area contributed by atoms with E-state index in [2.05, 4.69) is 28.2 Å². The van der Waals surface area contributed by atoms with Gasteiger partial charge in [-0.3, -0.25) is 9.59 Å². The molecule has 108 valence electrons. The van der Waals surface area contributed by atoms with Crippen LogP contribution in [0.25, 0.3) is 0 Å². The molecule has 1 aromatic rings. The van der Waals surface area contributed by atoms with Crippen molar-refractivity contribution < 1.29 is 9.59 Å². The molecular weight excluding hydrogens is 320 g/mol. The van der Waals surface area contributed by atoms with E-state index in [1.165, 1.54) is 0 Å². The molecule has 4 nitrogen and oxygen atoms in total. The van der Waals surface area contributed by atoms with Crippen LogP contribution in [0.4, 0.5) is 5.69 Å². The van der Waals surface area contributed by atoms with E-state index < -0.39 is 11.8 Å². The number of nitrogens with zero attached hydrogens (tertiary/aromatic N) is 1. The molecule has 1 heterocycles. The van der Waals surface area contributed by atoms with Crippen LogP contribution in [0, 0.1) is 0 Å². The normalized spacial score (nSPS) is 18.7. The SMILES string of the molecule is CCC1CCCCN1C(=O)C(=O)Nc1ccc(Br)cc1. The van der Waals surface area contributed by atoms with E-state index in [1.54, 1.807) is 17.0 Å². The zero-order chi connectivity index (χ0) is 14.5. The smallest absolute Gasteiger partial charge is 0.313 e. The quantitative estimate of drug-likeness (QED) is 0.842. The molecule has 1 fully saturated rings. The second-order valence-corrected chi connectivity index (χ2v) is 5.93. The number of rotatable bonds is 2. The summed E-state index contributed by atoms with van der Waals surface area (Å²) < 4.78 is 0.934. The second kappa shape index (κ2) is 6.88. The number of nitrogens with one attached hydrogen (secondary N) is 1. The number of amides is 2. The van der Waals surface area contributed by atoms with E-state index in [0.29, 0.717) is 12.2 Å². The average molecular weight is 339 g/mol. The van der Waals surface area contributed by atoms with Gasteiger partial charge in [0.25, 0.3) is 0 Å². The molecule has 0 saturated carbocycles. The Morgan fingerprint density at radius 1 is 1.30 bits per heavy atom. The lowest BCUT2D eigenvalue weighted by Crippen LogP contribution is -2.48. The molecule has 2 amide bonds. The van der Waals surface area contributed by atoms with Gasteiger partial charge < -0.3 is 10.2 Å². The highest BCUT2D eigenvalue weighted by Crippen LogP contribution is 2.20. The lowest BCUT2D eigenvalue weighted by atomic mass is 10.00. The van der Waals surface area contributed by atoms with Gasteiger partial charge in [-0.2, -0.15) is 0 Å². The molecule has 1 aromatic carbocycles. The number of likely N-dealkylation sites (tertiary alicyclic amines) is 1. The lowest BCUT2D eigenvalue weighted by molar-refractivity contribution is -0.145. The monoisotopic (exact) mass is 338 g/mol. The first-order valence-electron chi connectivity index (χ1n) is 6.99. The fraction of sp³-hybridized carbons (Fsp3) is 0.467. The van der Waals surface area contributed by atoms with Crippen LogP contribution in [-0.2, 0) is 9.59 Å². The van der Waals surface area contributed by atoms with Crippen molar-refractivity contribution >= 4 is 33.4 Å². The van der Waals surface area contributed by atoms with Gasteiger partial charge in [-0.25, -0.2) is 0 Å². The molecule has 5 heteroatoms. The van der Waals surface area contributed by atoms with Crippen molar-refractivity contribution in [2.24, 2.45) is 0 Å². The summed E-state index contributed by atoms with van der Waals surface area (Å²) in [5.41, 5.74) is 0.636. The molecule has 1 atom stereocenters. The van der Waals surface area contributed by atoms with E-state index in [4.69, 9.17) is 0 Å². The summed E-state index contributed by atoms with van der Waals surface area (Å²) in [6, 6.07) is 7.39. The van der Waals surface area contributed by atoms with E-state index in [9.17, 15) is 9.59 Å². The minimum atomic E-state index is -0.548. The Balaban J connectivity index is 2.00. The first kappa shape index (κ1) is 15.0. The predicted molar refractivity (Wildman–Crippen MR) is 82.4 cm³/mol. The Morgan fingerprint density at radius 2 is 2.00 bits per heavy atom. The number of halogens is 1. The zero-order valence-corrected chi connectivity index (χ0v) is 13.1. The van der Waals surface area contributed by atoms with Crippen LogP contribution >= 0.6 is 15.9 Å². The summed E-state index contributed by atoms with van der Waals surface area (Å²) in [4.78, 5) is 26.0. The van der Waals surface area contributed by atoms with Gasteiger partial charge in [0.2, 0.25) is 0 Å². The number of carbonyl (C=O) groups is 2. The molecule has 2 rings (SSSR count). The Bertz CT molecular complexity index is 487. The summed E-state index contributed by atoms with van der Waals surface area (Å²) in [5, 5.41) is 2.66. The summed E-state index contributed by atoms with van der Waals surface area (Å²) >= 11 is 3.33. The molecule has 1 aliphatic rings. The van der Waals surface area contributed by atoms with Crippen molar-refractivity contribution in [2.45, 2.75) is 38.6 Å². The van der Waals surface area contributed by atoms with Crippen molar-refractivity contribution in [3.63, 3.8) is 0 Å². The van der Waals surface area contributed by atoms with E-state index in [0.717, 1.165) is 30.2 Å². The van der Waals surface area contributed by atoms with Gasteiger partial charge in [0.1, 0.15) is 0 Å². The van der Waals surface area contributed by atoms with Crippen molar-refractivity contribution in [1.29, 1.82) is 0 Å². The minimum Gasteiger partial charge on any atom is -0.331 e.